The second-order valence-electron chi connectivity index (χ2n) is 4.86. The number of aromatic carboxylic acids is 1. The minimum absolute atomic E-state index is 0.0422. The number of nitrogens with one attached hydrogen (secondary N) is 1. The van der Waals surface area contributed by atoms with Gasteiger partial charge in [-0.2, -0.15) is 0 Å². The number of rotatable bonds is 4. The largest absolute Gasteiger partial charge is 0.478 e. The van der Waals surface area contributed by atoms with Gasteiger partial charge < -0.3 is 5.11 Å². The van der Waals surface area contributed by atoms with E-state index in [-0.39, 0.29) is 10.5 Å². The second-order valence-corrected chi connectivity index (χ2v) is 6.54. The fourth-order valence-corrected chi connectivity index (χ4v) is 3.20. The van der Waals surface area contributed by atoms with Crippen molar-refractivity contribution in [2.75, 3.05) is 4.72 Å². The van der Waals surface area contributed by atoms with Crippen LogP contribution >= 0.6 is 0 Å². The molecule has 2 aromatic carbocycles. The van der Waals surface area contributed by atoms with E-state index in [4.69, 9.17) is 5.11 Å². The van der Waals surface area contributed by atoms with Gasteiger partial charge in [-0.1, -0.05) is 18.2 Å². The smallest absolute Gasteiger partial charge is 0.337 e. The SMILES string of the molecule is O=C(O)c1cnc2ccc(NS(=O)(=O)c3ccccc3)cc2c1. The molecule has 23 heavy (non-hydrogen) atoms. The number of benzene rings is 2. The van der Waals surface area contributed by atoms with E-state index in [0.717, 1.165) is 0 Å². The summed E-state index contributed by atoms with van der Waals surface area (Å²) in [6, 6.07) is 14.2. The molecule has 0 radical (unpaired) electrons. The minimum Gasteiger partial charge on any atom is -0.478 e. The molecule has 0 fully saturated rings. The Morgan fingerprint density at radius 3 is 2.48 bits per heavy atom. The fourth-order valence-electron chi connectivity index (χ4n) is 2.13. The molecule has 0 atom stereocenters. The Labute approximate surface area is 132 Å². The lowest BCUT2D eigenvalue weighted by molar-refractivity contribution is 0.0696. The topological polar surface area (TPSA) is 96.4 Å². The molecule has 0 spiro atoms. The molecule has 0 aliphatic heterocycles. The van der Waals surface area contributed by atoms with Gasteiger partial charge >= 0.3 is 5.97 Å². The number of carboxylic acids is 1. The van der Waals surface area contributed by atoms with Gasteiger partial charge in [-0.05, 0) is 36.4 Å². The molecule has 3 aromatic rings. The van der Waals surface area contributed by atoms with E-state index in [1.165, 1.54) is 24.4 Å². The molecule has 0 saturated carbocycles. The number of anilines is 1. The van der Waals surface area contributed by atoms with E-state index in [2.05, 4.69) is 9.71 Å². The number of hydrogen-bond acceptors (Lipinski definition) is 4. The third kappa shape index (κ3) is 3.14. The molecule has 0 bridgehead atoms. The molecule has 0 saturated heterocycles. The maximum Gasteiger partial charge on any atom is 0.337 e. The summed E-state index contributed by atoms with van der Waals surface area (Å²) in [5, 5.41) is 9.54. The Morgan fingerprint density at radius 1 is 1.04 bits per heavy atom. The Balaban J connectivity index is 1.99. The van der Waals surface area contributed by atoms with E-state index in [1.807, 2.05) is 0 Å². The fraction of sp³-hybridized carbons (Fsp3) is 0. The van der Waals surface area contributed by atoms with Crippen LogP contribution in [0.2, 0.25) is 0 Å². The number of carbonyl (C=O) groups is 1. The maximum absolute atomic E-state index is 12.3. The van der Waals surface area contributed by atoms with E-state index < -0.39 is 16.0 Å². The van der Waals surface area contributed by atoms with Crippen LogP contribution in [0.1, 0.15) is 10.4 Å². The summed E-state index contributed by atoms with van der Waals surface area (Å²) in [4.78, 5) is 15.2. The summed E-state index contributed by atoms with van der Waals surface area (Å²) in [7, 11) is -3.70. The molecule has 0 unspecified atom stereocenters. The van der Waals surface area contributed by atoms with E-state index >= 15 is 0 Å². The first-order chi connectivity index (χ1) is 11.0. The average Bonchev–Trinajstić information content (AvgIpc) is 2.54. The van der Waals surface area contributed by atoms with Gasteiger partial charge in [0.05, 0.1) is 16.0 Å². The number of nitrogens with zero attached hydrogens (tertiary/aromatic N) is 1. The summed E-state index contributed by atoms with van der Waals surface area (Å²) in [6.07, 6.45) is 1.26. The lowest BCUT2D eigenvalue weighted by Gasteiger charge is -2.09. The zero-order chi connectivity index (χ0) is 16.4. The van der Waals surface area contributed by atoms with Crippen LogP contribution in [0.3, 0.4) is 0 Å². The van der Waals surface area contributed by atoms with E-state index in [1.54, 1.807) is 36.4 Å². The standard InChI is InChI=1S/C16H12N2O4S/c19-16(20)12-8-11-9-13(6-7-15(11)17-10-12)18-23(21,22)14-4-2-1-3-5-14/h1-10,18H,(H,19,20). The molecular formula is C16H12N2O4S. The lowest BCUT2D eigenvalue weighted by Crippen LogP contribution is -2.12. The van der Waals surface area contributed by atoms with Crippen molar-refractivity contribution in [2.24, 2.45) is 0 Å². The molecule has 0 amide bonds. The number of sulfonamides is 1. The molecule has 0 aliphatic rings. The minimum atomic E-state index is -3.70. The number of fused-ring (bicyclic) bond motifs is 1. The monoisotopic (exact) mass is 328 g/mol. The van der Waals surface area contributed by atoms with Crippen molar-refractivity contribution < 1.29 is 18.3 Å². The maximum atomic E-state index is 12.3. The van der Waals surface area contributed by atoms with Crippen LogP contribution in [-0.2, 0) is 10.0 Å². The van der Waals surface area contributed by atoms with Crippen LogP contribution < -0.4 is 4.72 Å². The van der Waals surface area contributed by atoms with Crippen molar-refractivity contribution in [3.8, 4) is 0 Å². The van der Waals surface area contributed by atoms with Crippen LogP contribution in [0.15, 0.2) is 65.7 Å². The zero-order valence-corrected chi connectivity index (χ0v) is 12.6. The molecule has 1 aromatic heterocycles. The Morgan fingerprint density at radius 2 is 1.78 bits per heavy atom. The third-order valence-electron chi connectivity index (χ3n) is 3.23. The van der Waals surface area contributed by atoms with Gasteiger partial charge in [0.15, 0.2) is 0 Å². The van der Waals surface area contributed by atoms with Crippen LogP contribution in [0, 0.1) is 0 Å². The Hall–Kier alpha value is -2.93. The van der Waals surface area contributed by atoms with Crippen molar-refractivity contribution >= 4 is 32.6 Å². The van der Waals surface area contributed by atoms with Gasteiger partial charge in [-0.25, -0.2) is 13.2 Å². The van der Waals surface area contributed by atoms with Crippen LogP contribution in [0.25, 0.3) is 10.9 Å². The number of pyridine rings is 1. The predicted molar refractivity (Wildman–Crippen MR) is 86.0 cm³/mol. The zero-order valence-electron chi connectivity index (χ0n) is 11.8. The highest BCUT2D eigenvalue weighted by atomic mass is 32.2. The van der Waals surface area contributed by atoms with E-state index in [9.17, 15) is 13.2 Å². The quantitative estimate of drug-likeness (QED) is 0.767. The van der Waals surface area contributed by atoms with Gasteiger partial charge in [0, 0.05) is 17.3 Å². The first kappa shape index (κ1) is 15.0. The van der Waals surface area contributed by atoms with Gasteiger partial charge in [0.25, 0.3) is 10.0 Å². The predicted octanol–water partition coefficient (Wildman–Crippen LogP) is 2.73. The molecular weight excluding hydrogens is 316 g/mol. The summed E-state index contributed by atoms with van der Waals surface area (Å²) in [5.41, 5.74) is 0.962. The highest BCUT2D eigenvalue weighted by molar-refractivity contribution is 7.92. The highest BCUT2D eigenvalue weighted by Crippen LogP contribution is 2.21. The Kier molecular flexibility index (Phi) is 3.71. The van der Waals surface area contributed by atoms with Crippen molar-refractivity contribution in [3.05, 3.63) is 66.4 Å². The normalized spacial score (nSPS) is 11.3. The molecule has 6 nitrogen and oxygen atoms in total. The van der Waals surface area contributed by atoms with Gasteiger partial charge in [0.2, 0.25) is 0 Å². The first-order valence-electron chi connectivity index (χ1n) is 6.67. The summed E-state index contributed by atoms with van der Waals surface area (Å²) >= 11 is 0. The van der Waals surface area contributed by atoms with Crippen molar-refractivity contribution in [1.29, 1.82) is 0 Å². The van der Waals surface area contributed by atoms with Crippen LogP contribution in [0.5, 0.6) is 0 Å². The molecule has 116 valence electrons. The first-order valence-corrected chi connectivity index (χ1v) is 8.15. The lowest BCUT2D eigenvalue weighted by atomic mass is 10.1. The van der Waals surface area contributed by atoms with Crippen LogP contribution in [-0.4, -0.2) is 24.5 Å². The molecule has 2 N–H and O–H groups in total. The molecule has 7 heteroatoms. The molecule has 3 rings (SSSR count). The molecule has 1 heterocycles. The number of hydrogen-bond donors (Lipinski definition) is 2. The summed E-state index contributed by atoms with van der Waals surface area (Å²) in [5.74, 6) is -1.09. The molecule has 0 aliphatic carbocycles. The average molecular weight is 328 g/mol. The number of aromatic nitrogens is 1. The van der Waals surface area contributed by atoms with Crippen molar-refractivity contribution in [1.82, 2.24) is 4.98 Å². The van der Waals surface area contributed by atoms with Gasteiger partial charge in [0.1, 0.15) is 0 Å². The van der Waals surface area contributed by atoms with Crippen molar-refractivity contribution in [2.45, 2.75) is 4.90 Å². The van der Waals surface area contributed by atoms with Crippen LogP contribution in [0.4, 0.5) is 5.69 Å². The van der Waals surface area contributed by atoms with Gasteiger partial charge in [-0.15, -0.1) is 0 Å². The summed E-state index contributed by atoms with van der Waals surface area (Å²) < 4.78 is 27.1. The van der Waals surface area contributed by atoms with Crippen molar-refractivity contribution in [3.63, 3.8) is 0 Å². The summed E-state index contributed by atoms with van der Waals surface area (Å²) in [6.45, 7) is 0. The third-order valence-corrected chi connectivity index (χ3v) is 4.63. The second kappa shape index (κ2) is 5.69. The van der Waals surface area contributed by atoms with Gasteiger partial charge in [-0.3, -0.25) is 9.71 Å². The van der Waals surface area contributed by atoms with E-state index in [0.29, 0.717) is 16.6 Å². The Bertz CT molecular complexity index is 985. The highest BCUT2D eigenvalue weighted by Gasteiger charge is 2.14. The number of carboxylic acid groups (broad SMARTS) is 1.